The Labute approximate surface area is 128 Å². The molecule has 0 aliphatic carbocycles. The molecule has 1 aromatic carbocycles. The summed E-state index contributed by atoms with van der Waals surface area (Å²) in [5.74, 6) is -0.214. The highest BCUT2D eigenvalue weighted by Gasteiger charge is 2.39. The van der Waals surface area contributed by atoms with Crippen molar-refractivity contribution in [1.29, 1.82) is 0 Å². The van der Waals surface area contributed by atoms with Crippen LogP contribution in [0, 0.1) is 5.82 Å². The molecule has 2 aromatic rings. The van der Waals surface area contributed by atoms with Gasteiger partial charge in [-0.15, -0.1) is 0 Å². The van der Waals surface area contributed by atoms with E-state index >= 15 is 0 Å². The molecule has 3 rings (SSSR count). The van der Waals surface area contributed by atoms with E-state index in [4.69, 9.17) is 4.52 Å². The standard InChI is InChI=1S/C15H17FN2O3S/c1-2-11-10-14(21-17-11)13-7-5-9-18(13)22(19,20)15-8-4-3-6-12(15)16/h3-4,6,8,10,13H,2,5,7,9H2,1H3/t13-/m1/s1. The van der Waals surface area contributed by atoms with Gasteiger partial charge in [0.15, 0.2) is 5.76 Å². The van der Waals surface area contributed by atoms with Crippen LogP contribution in [0.2, 0.25) is 0 Å². The largest absolute Gasteiger partial charge is 0.359 e. The molecular weight excluding hydrogens is 307 g/mol. The first-order valence-electron chi connectivity index (χ1n) is 7.26. The molecule has 118 valence electrons. The van der Waals surface area contributed by atoms with Crippen LogP contribution >= 0.6 is 0 Å². The van der Waals surface area contributed by atoms with Gasteiger partial charge in [-0.05, 0) is 31.4 Å². The minimum atomic E-state index is -3.89. The average Bonchev–Trinajstić information content (AvgIpc) is 3.16. The molecule has 5 nitrogen and oxygen atoms in total. The molecule has 1 atom stereocenters. The SMILES string of the molecule is CCc1cc([C@H]2CCCN2S(=O)(=O)c2ccccc2F)on1. The van der Waals surface area contributed by atoms with E-state index in [1.54, 1.807) is 6.07 Å². The third-order valence-electron chi connectivity index (χ3n) is 3.89. The van der Waals surface area contributed by atoms with Crippen LogP contribution in [-0.2, 0) is 16.4 Å². The van der Waals surface area contributed by atoms with E-state index in [0.29, 0.717) is 25.1 Å². The molecule has 0 bridgehead atoms. The summed E-state index contributed by atoms with van der Waals surface area (Å²) in [6.07, 6.45) is 2.07. The molecule has 0 saturated carbocycles. The first kappa shape index (κ1) is 15.2. The molecule has 0 N–H and O–H groups in total. The fourth-order valence-electron chi connectivity index (χ4n) is 2.74. The quantitative estimate of drug-likeness (QED) is 0.867. The van der Waals surface area contributed by atoms with E-state index in [1.165, 1.54) is 22.5 Å². The molecule has 22 heavy (non-hydrogen) atoms. The normalized spacial score (nSPS) is 19.6. The lowest BCUT2D eigenvalue weighted by Crippen LogP contribution is -2.31. The van der Waals surface area contributed by atoms with Crippen molar-refractivity contribution in [2.75, 3.05) is 6.54 Å². The Kier molecular flexibility index (Phi) is 4.01. The molecule has 1 aromatic heterocycles. The second-order valence-corrected chi connectivity index (χ2v) is 7.14. The van der Waals surface area contributed by atoms with Crippen molar-refractivity contribution in [2.45, 2.75) is 37.1 Å². The molecule has 7 heteroatoms. The Morgan fingerprint density at radius 2 is 2.18 bits per heavy atom. The van der Waals surface area contributed by atoms with E-state index in [0.717, 1.165) is 18.2 Å². The topological polar surface area (TPSA) is 63.4 Å². The minimum Gasteiger partial charge on any atom is -0.359 e. The number of nitrogens with zero attached hydrogens (tertiary/aromatic N) is 2. The Bertz CT molecular complexity index is 773. The van der Waals surface area contributed by atoms with Crippen LogP contribution in [0.25, 0.3) is 0 Å². The Hall–Kier alpha value is -1.73. The average molecular weight is 324 g/mol. The third kappa shape index (κ3) is 2.55. The number of sulfonamides is 1. The molecule has 0 spiro atoms. The van der Waals surface area contributed by atoms with Gasteiger partial charge < -0.3 is 4.52 Å². The van der Waals surface area contributed by atoms with Crippen LogP contribution in [0.1, 0.15) is 37.3 Å². The second-order valence-electron chi connectivity index (χ2n) is 5.28. The maximum Gasteiger partial charge on any atom is 0.246 e. The number of rotatable bonds is 4. The molecule has 0 unspecified atom stereocenters. The highest BCUT2D eigenvalue weighted by Crippen LogP contribution is 2.37. The summed E-state index contributed by atoms with van der Waals surface area (Å²) >= 11 is 0. The molecule has 1 fully saturated rings. The second kappa shape index (κ2) is 5.81. The van der Waals surface area contributed by atoms with Gasteiger partial charge in [0.25, 0.3) is 0 Å². The van der Waals surface area contributed by atoms with Gasteiger partial charge >= 0.3 is 0 Å². The summed E-state index contributed by atoms with van der Waals surface area (Å²) < 4.78 is 46.0. The van der Waals surface area contributed by atoms with Crippen LogP contribution in [0.4, 0.5) is 4.39 Å². The Morgan fingerprint density at radius 1 is 1.41 bits per heavy atom. The van der Waals surface area contributed by atoms with Crippen LogP contribution in [-0.4, -0.2) is 24.4 Å². The molecule has 0 radical (unpaired) electrons. The number of aryl methyl sites for hydroxylation is 1. The molecule has 1 aliphatic heterocycles. The zero-order valence-electron chi connectivity index (χ0n) is 12.2. The van der Waals surface area contributed by atoms with Gasteiger partial charge in [-0.2, -0.15) is 4.31 Å². The first-order valence-corrected chi connectivity index (χ1v) is 8.70. The number of aromatic nitrogens is 1. The van der Waals surface area contributed by atoms with Gasteiger partial charge in [0.2, 0.25) is 10.0 Å². The van der Waals surface area contributed by atoms with Gasteiger partial charge in [-0.3, -0.25) is 0 Å². The van der Waals surface area contributed by atoms with Gasteiger partial charge in [0.1, 0.15) is 10.7 Å². The zero-order chi connectivity index (χ0) is 15.7. The number of halogens is 1. The van der Waals surface area contributed by atoms with Crippen LogP contribution in [0.5, 0.6) is 0 Å². The summed E-state index contributed by atoms with van der Waals surface area (Å²) in [7, 11) is -3.89. The minimum absolute atomic E-state index is 0.294. The predicted octanol–water partition coefficient (Wildman–Crippen LogP) is 2.90. The molecule has 1 aliphatic rings. The van der Waals surface area contributed by atoms with Crippen molar-refractivity contribution < 1.29 is 17.3 Å². The van der Waals surface area contributed by atoms with E-state index in [1.807, 2.05) is 6.92 Å². The van der Waals surface area contributed by atoms with E-state index in [9.17, 15) is 12.8 Å². The smallest absolute Gasteiger partial charge is 0.246 e. The van der Waals surface area contributed by atoms with Crippen molar-refractivity contribution in [3.05, 3.63) is 47.6 Å². The summed E-state index contributed by atoms with van der Waals surface area (Å²) in [5, 5.41) is 3.92. The molecule has 1 saturated heterocycles. The highest BCUT2D eigenvalue weighted by molar-refractivity contribution is 7.89. The first-order chi connectivity index (χ1) is 10.5. The fourth-order valence-corrected chi connectivity index (χ4v) is 4.48. The van der Waals surface area contributed by atoms with Gasteiger partial charge in [0, 0.05) is 12.6 Å². The molecule has 2 heterocycles. The van der Waals surface area contributed by atoms with Crippen molar-refractivity contribution in [3.8, 4) is 0 Å². The van der Waals surface area contributed by atoms with Crippen LogP contribution in [0.3, 0.4) is 0 Å². The van der Waals surface area contributed by atoms with Crippen molar-refractivity contribution in [3.63, 3.8) is 0 Å². The zero-order valence-corrected chi connectivity index (χ0v) is 13.0. The monoisotopic (exact) mass is 324 g/mol. The van der Waals surface area contributed by atoms with Crippen molar-refractivity contribution >= 4 is 10.0 Å². The van der Waals surface area contributed by atoms with Gasteiger partial charge in [-0.1, -0.05) is 24.2 Å². The van der Waals surface area contributed by atoms with Gasteiger partial charge in [-0.25, -0.2) is 12.8 Å². The predicted molar refractivity (Wildman–Crippen MR) is 78.1 cm³/mol. The number of hydrogen-bond acceptors (Lipinski definition) is 4. The van der Waals surface area contributed by atoms with E-state index < -0.39 is 21.9 Å². The third-order valence-corrected chi connectivity index (χ3v) is 5.84. The summed E-state index contributed by atoms with van der Waals surface area (Å²) in [4.78, 5) is -0.294. The lowest BCUT2D eigenvalue weighted by molar-refractivity contribution is 0.296. The Balaban J connectivity index is 1.97. The van der Waals surface area contributed by atoms with Crippen molar-refractivity contribution in [1.82, 2.24) is 9.46 Å². The van der Waals surface area contributed by atoms with E-state index in [-0.39, 0.29) is 4.90 Å². The lowest BCUT2D eigenvalue weighted by atomic mass is 10.1. The summed E-state index contributed by atoms with van der Waals surface area (Å²) in [5.41, 5.74) is 0.783. The number of hydrogen-bond donors (Lipinski definition) is 0. The van der Waals surface area contributed by atoms with Crippen LogP contribution in [0.15, 0.2) is 39.8 Å². The summed E-state index contributed by atoms with van der Waals surface area (Å²) in [6.45, 7) is 2.30. The molecule has 0 amide bonds. The van der Waals surface area contributed by atoms with Crippen molar-refractivity contribution in [2.24, 2.45) is 0 Å². The van der Waals surface area contributed by atoms with Gasteiger partial charge in [0.05, 0.1) is 11.7 Å². The highest BCUT2D eigenvalue weighted by atomic mass is 32.2. The fraction of sp³-hybridized carbons (Fsp3) is 0.400. The summed E-state index contributed by atoms with van der Waals surface area (Å²) in [6, 6.07) is 6.79. The van der Waals surface area contributed by atoms with E-state index in [2.05, 4.69) is 5.16 Å². The molecular formula is C15H17FN2O3S. The maximum atomic E-state index is 13.9. The number of benzene rings is 1. The van der Waals surface area contributed by atoms with Crippen LogP contribution < -0.4 is 0 Å². The lowest BCUT2D eigenvalue weighted by Gasteiger charge is -2.22. The maximum absolute atomic E-state index is 13.9. The Morgan fingerprint density at radius 3 is 2.86 bits per heavy atom.